The van der Waals surface area contributed by atoms with E-state index >= 15 is 0 Å². The number of amides is 1. The van der Waals surface area contributed by atoms with Gasteiger partial charge in [-0.05, 0) is 42.8 Å². The first-order valence-corrected chi connectivity index (χ1v) is 9.26. The van der Waals surface area contributed by atoms with Crippen molar-refractivity contribution in [3.8, 4) is 5.75 Å². The highest BCUT2D eigenvalue weighted by Crippen LogP contribution is 2.32. The summed E-state index contributed by atoms with van der Waals surface area (Å²) in [5.74, 6) is -0.502. The van der Waals surface area contributed by atoms with E-state index in [1.54, 1.807) is 18.2 Å². The molecule has 1 saturated heterocycles. The Morgan fingerprint density at radius 1 is 1.21 bits per heavy atom. The van der Waals surface area contributed by atoms with Gasteiger partial charge < -0.3 is 10.4 Å². The molecule has 3 rings (SSSR count). The predicted molar refractivity (Wildman–Crippen MR) is 93.3 cm³/mol. The number of nitrogens with zero attached hydrogens (tertiary/aromatic N) is 1. The van der Waals surface area contributed by atoms with Crippen LogP contribution in [-0.2, 0) is 10.0 Å². The van der Waals surface area contributed by atoms with Crippen LogP contribution in [0.1, 0.15) is 16.8 Å². The molecule has 0 radical (unpaired) electrons. The lowest BCUT2D eigenvalue weighted by atomic mass is 10.2. The maximum absolute atomic E-state index is 12.3. The Labute approximate surface area is 144 Å². The number of rotatable bonds is 3. The molecule has 0 bridgehead atoms. The van der Waals surface area contributed by atoms with E-state index in [2.05, 4.69) is 5.32 Å². The number of sulfonamides is 1. The fourth-order valence-electron chi connectivity index (χ4n) is 2.53. The summed E-state index contributed by atoms with van der Waals surface area (Å²) in [5, 5.41) is 12.9. The van der Waals surface area contributed by atoms with Gasteiger partial charge in [-0.1, -0.05) is 17.7 Å². The molecule has 6 nitrogen and oxygen atoms in total. The summed E-state index contributed by atoms with van der Waals surface area (Å²) in [5.41, 5.74) is 0.882. The molecule has 2 aromatic rings. The van der Waals surface area contributed by atoms with Gasteiger partial charge >= 0.3 is 0 Å². The van der Waals surface area contributed by atoms with E-state index in [0.717, 1.165) is 0 Å². The van der Waals surface area contributed by atoms with Crippen molar-refractivity contribution in [2.24, 2.45) is 0 Å². The van der Waals surface area contributed by atoms with Crippen LogP contribution in [0.3, 0.4) is 0 Å². The Kier molecular flexibility index (Phi) is 4.38. The molecule has 1 heterocycles. The Balaban J connectivity index is 1.88. The lowest BCUT2D eigenvalue weighted by Gasteiger charge is -2.18. The van der Waals surface area contributed by atoms with Gasteiger partial charge in [0.25, 0.3) is 5.91 Å². The topological polar surface area (TPSA) is 86.7 Å². The molecule has 24 heavy (non-hydrogen) atoms. The highest BCUT2D eigenvalue weighted by atomic mass is 35.5. The van der Waals surface area contributed by atoms with Crippen LogP contribution in [0.25, 0.3) is 0 Å². The summed E-state index contributed by atoms with van der Waals surface area (Å²) in [7, 11) is -3.33. The summed E-state index contributed by atoms with van der Waals surface area (Å²) in [6.45, 7) is 0.384. The number of carbonyl (C=O) groups excluding carboxylic acids is 1. The van der Waals surface area contributed by atoms with Crippen LogP contribution in [0, 0.1) is 0 Å². The molecule has 2 aromatic carbocycles. The number of phenols is 1. The zero-order chi connectivity index (χ0) is 17.3. The first kappa shape index (κ1) is 16.6. The molecule has 1 aliphatic rings. The number of nitrogens with one attached hydrogen (secondary N) is 1. The van der Waals surface area contributed by atoms with Crippen molar-refractivity contribution in [1.82, 2.24) is 0 Å². The largest absolute Gasteiger partial charge is 0.506 e. The van der Waals surface area contributed by atoms with Crippen molar-refractivity contribution in [3.05, 3.63) is 53.1 Å². The van der Waals surface area contributed by atoms with Crippen molar-refractivity contribution in [1.29, 1.82) is 0 Å². The van der Waals surface area contributed by atoms with E-state index < -0.39 is 15.9 Å². The van der Waals surface area contributed by atoms with Crippen LogP contribution in [0.4, 0.5) is 11.4 Å². The molecule has 1 amide bonds. The molecule has 8 heteroatoms. The molecule has 1 fully saturated rings. The standard InChI is InChI=1S/C16H15ClN2O4S/c17-12-4-1-3-11(9-12)16(21)18-14-10-13(5-6-15(14)20)19-7-2-8-24(19,22)23/h1,3-6,9-10,20H,2,7-8H2,(H,18,21). The summed E-state index contributed by atoms with van der Waals surface area (Å²) in [6.07, 6.45) is 0.549. The highest BCUT2D eigenvalue weighted by Gasteiger charge is 2.28. The molecular weight excluding hydrogens is 352 g/mol. The number of hydrogen-bond donors (Lipinski definition) is 2. The SMILES string of the molecule is O=C(Nc1cc(N2CCCS2(=O)=O)ccc1O)c1cccc(Cl)c1. The third-order valence-corrected chi connectivity index (χ3v) is 5.81. The van der Waals surface area contributed by atoms with Gasteiger partial charge in [0, 0.05) is 17.1 Å². The Morgan fingerprint density at radius 3 is 2.67 bits per heavy atom. The molecule has 126 valence electrons. The number of aromatic hydroxyl groups is 1. The van der Waals surface area contributed by atoms with Gasteiger partial charge in [-0.15, -0.1) is 0 Å². The smallest absolute Gasteiger partial charge is 0.255 e. The second kappa shape index (κ2) is 6.33. The molecule has 0 saturated carbocycles. The second-order valence-electron chi connectivity index (χ2n) is 5.41. The lowest BCUT2D eigenvalue weighted by molar-refractivity contribution is 0.102. The average Bonchev–Trinajstić information content (AvgIpc) is 2.89. The Hall–Kier alpha value is -2.25. The molecule has 1 aliphatic heterocycles. The van der Waals surface area contributed by atoms with Crippen molar-refractivity contribution in [3.63, 3.8) is 0 Å². The predicted octanol–water partition coefficient (Wildman–Crippen LogP) is 2.84. The number of halogens is 1. The number of benzene rings is 2. The van der Waals surface area contributed by atoms with Crippen molar-refractivity contribution < 1.29 is 18.3 Å². The Bertz CT molecular complexity index is 899. The van der Waals surface area contributed by atoms with Crippen LogP contribution in [0.2, 0.25) is 5.02 Å². The first-order chi connectivity index (χ1) is 11.4. The van der Waals surface area contributed by atoms with Crippen LogP contribution < -0.4 is 9.62 Å². The van der Waals surface area contributed by atoms with Gasteiger partial charge in [0.2, 0.25) is 10.0 Å². The zero-order valence-corrected chi connectivity index (χ0v) is 14.1. The number of phenolic OH excluding ortho intramolecular Hbond substituents is 1. The van der Waals surface area contributed by atoms with Crippen molar-refractivity contribution >= 4 is 38.9 Å². The van der Waals surface area contributed by atoms with E-state index in [1.807, 2.05) is 0 Å². The van der Waals surface area contributed by atoms with Crippen molar-refractivity contribution in [2.75, 3.05) is 21.9 Å². The fourth-order valence-corrected chi connectivity index (χ4v) is 4.28. The first-order valence-electron chi connectivity index (χ1n) is 7.27. The van der Waals surface area contributed by atoms with Crippen LogP contribution >= 0.6 is 11.6 Å². The van der Waals surface area contributed by atoms with Gasteiger partial charge in [-0.3, -0.25) is 9.10 Å². The molecule has 0 aliphatic carbocycles. The second-order valence-corrected chi connectivity index (χ2v) is 7.86. The van der Waals surface area contributed by atoms with E-state index in [4.69, 9.17) is 11.6 Å². The van der Waals surface area contributed by atoms with E-state index in [9.17, 15) is 18.3 Å². The summed E-state index contributed by atoms with van der Waals surface area (Å²) in [4.78, 5) is 12.3. The van der Waals surface area contributed by atoms with Gasteiger partial charge in [0.15, 0.2) is 0 Å². The van der Waals surface area contributed by atoms with Gasteiger partial charge in [-0.2, -0.15) is 0 Å². The normalized spacial score (nSPS) is 16.1. The number of carbonyl (C=O) groups is 1. The molecule has 0 unspecified atom stereocenters. The minimum Gasteiger partial charge on any atom is -0.506 e. The fraction of sp³-hybridized carbons (Fsp3) is 0.188. The van der Waals surface area contributed by atoms with Gasteiger partial charge in [0.05, 0.1) is 17.1 Å². The zero-order valence-electron chi connectivity index (χ0n) is 12.6. The lowest BCUT2D eigenvalue weighted by Crippen LogP contribution is -2.25. The number of hydrogen-bond acceptors (Lipinski definition) is 4. The summed E-state index contributed by atoms with van der Waals surface area (Å²) >= 11 is 5.86. The van der Waals surface area contributed by atoms with E-state index in [0.29, 0.717) is 29.2 Å². The maximum Gasteiger partial charge on any atom is 0.255 e. The van der Waals surface area contributed by atoms with Crippen LogP contribution in [0.15, 0.2) is 42.5 Å². The van der Waals surface area contributed by atoms with Gasteiger partial charge in [-0.25, -0.2) is 8.42 Å². The summed E-state index contributed by atoms with van der Waals surface area (Å²) < 4.78 is 25.3. The molecule has 0 atom stereocenters. The van der Waals surface area contributed by atoms with Crippen molar-refractivity contribution in [2.45, 2.75) is 6.42 Å². The molecule has 2 N–H and O–H groups in total. The average molecular weight is 367 g/mol. The third kappa shape index (κ3) is 3.32. The molecule has 0 aromatic heterocycles. The summed E-state index contributed by atoms with van der Waals surface area (Å²) in [6, 6.07) is 10.7. The monoisotopic (exact) mass is 366 g/mol. The van der Waals surface area contributed by atoms with Crippen LogP contribution in [0.5, 0.6) is 5.75 Å². The number of anilines is 2. The molecule has 0 spiro atoms. The van der Waals surface area contributed by atoms with E-state index in [-0.39, 0.29) is 17.2 Å². The molecular formula is C16H15ClN2O4S. The highest BCUT2D eigenvalue weighted by molar-refractivity contribution is 7.93. The Morgan fingerprint density at radius 2 is 2.00 bits per heavy atom. The van der Waals surface area contributed by atoms with Gasteiger partial charge in [0.1, 0.15) is 5.75 Å². The maximum atomic E-state index is 12.3. The minimum atomic E-state index is -3.33. The minimum absolute atomic E-state index is 0.0953. The van der Waals surface area contributed by atoms with E-state index in [1.165, 1.54) is 28.6 Å². The quantitative estimate of drug-likeness (QED) is 0.818. The van der Waals surface area contributed by atoms with Crippen LogP contribution in [-0.4, -0.2) is 31.7 Å². The third-order valence-electron chi connectivity index (χ3n) is 3.70.